The van der Waals surface area contributed by atoms with Crippen molar-refractivity contribution in [1.82, 2.24) is 5.32 Å². The first-order chi connectivity index (χ1) is 14.5. The molecule has 6 nitrogen and oxygen atoms in total. The number of benzene rings is 3. The summed E-state index contributed by atoms with van der Waals surface area (Å²) in [5.41, 5.74) is 2.19. The molecule has 0 spiro atoms. The summed E-state index contributed by atoms with van der Waals surface area (Å²) < 4.78 is 0. The van der Waals surface area contributed by atoms with Crippen LogP contribution in [0.3, 0.4) is 0 Å². The van der Waals surface area contributed by atoms with Crippen molar-refractivity contribution in [3.05, 3.63) is 101 Å². The Labute approximate surface area is 172 Å². The molecule has 0 heterocycles. The number of nitrogens with one attached hydrogen (secondary N) is 2. The fourth-order valence-corrected chi connectivity index (χ4v) is 3.47. The maximum atomic E-state index is 13.0. The van der Waals surface area contributed by atoms with Crippen LogP contribution in [-0.4, -0.2) is 29.9 Å². The minimum absolute atomic E-state index is 0.165. The molecule has 0 saturated heterocycles. The molecule has 30 heavy (non-hydrogen) atoms. The highest BCUT2D eigenvalue weighted by atomic mass is 16.2. The van der Waals surface area contributed by atoms with E-state index in [2.05, 4.69) is 10.6 Å². The van der Waals surface area contributed by atoms with E-state index in [0.717, 1.165) is 5.56 Å². The molecule has 0 radical (unpaired) electrons. The minimum Gasteiger partial charge on any atom is -0.347 e. The zero-order chi connectivity index (χ0) is 21.1. The van der Waals surface area contributed by atoms with Gasteiger partial charge in [-0.3, -0.25) is 19.2 Å². The van der Waals surface area contributed by atoms with E-state index in [-0.39, 0.29) is 47.3 Å². The molecule has 1 aliphatic carbocycles. The van der Waals surface area contributed by atoms with Crippen LogP contribution in [-0.2, 0) is 16.0 Å². The third-order valence-electron chi connectivity index (χ3n) is 4.88. The molecule has 0 fully saturated rings. The van der Waals surface area contributed by atoms with Gasteiger partial charge in [-0.05, 0) is 11.6 Å². The summed E-state index contributed by atoms with van der Waals surface area (Å²) in [6.45, 7) is -0.242. The molecule has 0 unspecified atom stereocenters. The fourth-order valence-electron chi connectivity index (χ4n) is 3.47. The molecule has 3 aromatic carbocycles. The molecular weight excluding hydrogens is 380 g/mol. The standard InChI is InChI=1S/C24H18N2O4/c27-20(13-15-7-2-1-3-8-15)25-14-21(28)26-19-12-6-11-18-22(19)24(30)17-10-5-4-9-16(17)23(18)29/h1-12H,13-14H2,(H,25,27)(H,26,28). The molecule has 0 atom stereocenters. The first-order valence-electron chi connectivity index (χ1n) is 9.46. The highest BCUT2D eigenvalue weighted by molar-refractivity contribution is 6.30. The molecule has 1 aliphatic rings. The van der Waals surface area contributed by atoms with Crippen LogP contribution < -0.4 is 10.6 Å². The number of carbonyl (C=O) groups is 4. The highest BCUT2D eigenvalue weighted by Crippen LogP contribution is 2.31. The molecular formula is C24H18N2O4. The van der Waals surface area contributed by atoms with Crippen molar-refractivity contribution >= 4 is 29.1 Å². The lowest BCUT2D eigenvalue weighted by Gasteiger charge is -2.20. The van der Waals surface area contributed by atoms with Crippen LogP contribution in [0.25, 0.3) is 0 Å². The second-order valence-electron chi connectivity index (χ2n) is 6.92. The van der Waals surface area contributed by atoms with Gasteiger partial charge in [-0.15, -0.1) is 0 Å². The molecule has 2 N–H and O–H groups in total. The summed E-state index contributed by atoms with van der Waals surface area (Å²) in [7, 11) is 0. The van der Waals surface area contributed by atoms with Crippen molar-refractivity contribution in [2.24, 2.45) is 0 Å². The SMILES string of the molecule is O=C(Cc1ccccc1)NCC(=O)Nc1cccc2c1C(=O)c1ccccc1C2=O. The molecule has 0 saturated carbocycles. The van der Waals surface area contributed by atoms with E-state index in [4.69, 9.17) is 0 Å². The number of hydrogen-bond acceptors (Lipinski definition) is 4. The Morgan fingerprint density at radius 2 is 1.30 bits per heavy atom. The lowest BCUT2D eigenvalue weighted by molar-refractivity contribution is -0.123. The Bertz CT molecular complexity index is 1170. The van der Waals surface area contributed by atoms with Crippen molar-refractivity contribution in [3.8, 4) is 0 Å². The van der Waals surface area contributed by atoms with E-state index in [1.165, 1.54) is 0 Å². The third kappa shape index (κ3) is 3.75. The summed E-state index contributed by atoms with van der Waals surface area (Å²) in [6.07, 6.45) is 0.165. The van der Waals surface area contributed by atoms with Gasteiger partial charge in [-0.1, -0.05) is 66.7 Å². The van der Waals surface area contributed by atoms with Crippen LogP contribution in [0.1, 0.15) is 37.4 Å². The Hall–Kier alpha value is -4.06. The van der Waals surface area contributed by atoms with Crippen molar-refractivity contribution in [2.45, 2.75) is 6.42 Å². The van der Waals surface area contributed by atoms with Gasteiger partial charge in [0, 0.05) is 16.7 Å². The number of ketones is 2. The second kappa shape index (κ2) is 8.13. The Kier molecular flexibility index (Phi) is 5.22. The fraction of sp³-hybridized carbons (Fsp3) is 0.0833. The van der Waals surface area contributed by atoms with Crippen LogP contribution >= 0.6 is 0 Å². The van der Waals surface area contributed by atoms with Crippen LogP contribution in [0.2, 0.25) is 0 Å². The van der Waals surface area contributed by atoms with Crippen LogP contribution in [0.4, 0.5) is 5.69 Å². The Morgan fingerprint density at radius 3 is 2.03 bits per heavy atom. The van der Waals surface area contributed by atoms with E-state index in [0.29, 0.717) is 11.1 Å². The topological polar surface area (TPSA) is 92.3 Å². The molecule has 6 heteroatoms. The number of fused-ring (bicyclic) bond motifs is 2. The van der Waals surface area contributed by atoms with E-state index in [9.17, 15) is 19.2 Å². The van der Waals surface area contributed by atoms with Gasteiger partial charge in [0.15, 0.2) is 11.6 Å². The van der Waals surface area contributed by atoms with Crippen LogP contribution in [0.15, 0.2) is 72.8 Å². The van der Waals surface area contributed by atoms with Crippen LogP contribution in [0, 0.1) is 0 Å². The van der Waals surface area contributed by atoms with Gasteiger partial charge >= 0.3 is 0 Å². The number of carbonyl (C=O) groups excluding carboxylic acids is 4. The number of rotatable bonds is 5. The summed E-state index contributed by atoms with van der Waals surface area (Å²) >= 11 is 0. The predicted octanol–water partition coefficient (Wildman–Crippen LogP) is 2.76. The average Bonchev–Trinajstić information content (AvgIpc) is 2.77. The first-order valence-corrected chi connectivity index (χ1v) is 9.46. The van der Waals surface area contributed by atoms with Gasteiger partial charge < -0.3 is 10.6 Å². The lowest BCUT2D eigenvalue weighted by atomic mass is 9.83. The van der Waals surface area contributed by atoms with Gasteiger partial charge in [0.2, 0.25) is 11.8 Å². The largest absolute Gasteiger partial charge is 0.347 e. The van der Waals surface area contributed by atoms with Gasteiger partial charge in [0.05, 0.1) is 24.2 Å². The maximum Gasteiger partial charge on any atom is 0.243 e. The molecule has 2 amide bonds. The molecule has 3 aromatic rings. The van der Waals surface area contributed by atoms with Gasteiger partial charge in [0.25, 0.3) is 0 Å². The minimum atomic E-state index is -0.482. The van der Waals surface area contributed by atoms with Gasteiger partial charge in [-0.2, -0.15) is 0 Å². The van der Waals surface area contributed by atoms with Crippen molar-refractivity contribution in [3.63, 3.8) is 0 Å². The molecule has 148 valence electrons. The zero-order valence-electron chi connectivity index (χ0n) is 16.0. The summed E-state index contributed by atoms with van der Waals surface area (Å²) in [5, 5.41) is 5.21. The lowest BCUT2D eigenvalue weighted by Crippen LogP contribution is -2.34. The van der Waals surface area contributed by atoms with Gasteiger partial charge in [0.1, 0.15) is 0 Å². The van der Waals surface area contributed by atoms with E-state index in [1.54, 1.807) is 42.5 Å². The average molecular weight is 398 g/mol. The first kappa shape index (κ1) is 19.3. The third-order valence-corrected chi connectivity index (χ3v) is 4.88. The van der Waals surface area contributed by atoms with Crippen molar-refractivity contribution in [2.75, 3.05) is 11.9 Å². The summed E-state index contributed by atoms with van der Waals surface area (Å²) in [4.78, 5) is 50.1. The maximum absolute atomic E-state index is 13.0. The second-order valence-corrected chi connectivity index (χ2v) is 6.92. The van der Waals surface area contributed by atoms with Crippen LogP contribution in [0.5, 0.6) is 0 Å². The van der Waals surface area contributed by atoms with Gasteiger partial charge in [-0.25, -0.2) is 0 Å². The Balaban J connectivity index is 1.47. The predicted molar refractivity (Wildman–Crippen MR) is 112 cm³/mol. The molecule has 0 aromatic heterocycles. The van der Waals surface area contributed by atoms with E-state index < -0.39 is 5.91 Å². The smallest absolute Gasteiger partial charge is 0.243 e. The molecule has 4 rings (SSSR count). The molecule has 0 aliphatic heterocycles. The monoisotopic (exact) mass is 398 g/mol. The number of hydrogen-bond donors (Lipinski definition) is 2. The Morgan fingerprint density at radius 1 is 0.667 bits per heavy atom. The van der Waals surface area contributed by atoms with E-state index in [1.807, 2.05) is 30.3 Å². The van der Waals surface area contributed by atoms with Crippen molar-refractivity contribution in [1.29, 1.82) is 0 Å². The van der Waals surface area contributed by atoms with E-state index >= 15 is 0 Å². The highest BCUT2D eigenvalue weighted by Gasteiger charge is 2.31. The molecule has 0 bridgehead atoms. The quantitative estimate of drug-likeness (QED) is 0.541. The zero-order valence-corrected chi connectivity index (χ0v) is 16.0. The normalized spacial score (nSPS) is 12.0. The number of anilines is 1. The summed E-state index contributed by atoms with van der Waals surface area (Å²) in [5.74, 6) is -1.34. The number of amides is 2. The summed E-state index contributed by atoms with van der Waals surface area (Å²) in [6, 6.07) is 20.6. The van der Waals surface area contributed by atoms with Crippen molar-refractivity contribution < 1.29 is 19.2 Å².